The second kappa shape index (κ2) is 4.06. The molecule has 2 aliphatic heterocycles. The van der Waals surface area contributed by atoms with Gasteiger partial charge in [0.05, 0.1) is 13.9 Å². The maximum Gasteiger partial charge on any atom is 0.211 e. The molecule has 116 valence electrons. The van der Waals surface area contributed by atoms with Gasteiger partial charge in [-0.3, -0.25) is 0 Å². The number of ether oxygens (including phenoxy) is 2. The molecule has 0 amide bonds. The Balaban J connectivity index is 1.80. The molecular formula is C18H21NO3. The molecule has 4 nitrogen and oxygen atoms in total. The van der Waals surface area contributed by atoms with E-state index in [0.717, 1.165) is 17.5 Å². The van der Waals surface area contributed by atoms with E-state index in [4.69, 9.17) is 21.5 Å². The van der Waals surface area contributed by atoms with E-state index in [2.05, 4.69) is 4.90 Å². The zero-order valence-corrected chi connectivity index (χ0v) is 12.3. The van der Waals surface area contributed by atoms with Crippen LogP contribution < -0.4 is 9.47 Å². The Bertz CT molecular complexity index is 891. The van der Waals surface area contributed by atoms with Gasteiger partial charge in [-0.25, -0.2) is 0 Å². The van der Waals surface area contributed by atoms with Crippen LogP contribution in [-0.4, -0.2) is 50.3 Å². The molecule has 1 spiro atoms. The van der Waals surface area contributed by atoms with Crippen LogP contribution in [0.3, 0.4) is 0 Å². The SMILES string of the molecule is [2H]OC1([2H])C=C[C@H]2[C@H]3Cc4ccc(OC([2H])([2H])[2H])c5c4[C@@]2(CCN3C)C1([2H])O5. The average Bonchev–Trinajstić information content (AvgIpc) is 2.90. The molecule has 2 aliphatic carbocycles. The molecule has 2 unspecified atom stereocenters. The number of methoxy groups -OCH3 is 1. The van der Waals surface area contributed by atoms with Gasteiger partial charge in [0.15, 0.2) is 11.5 Å². The van der Waals surface area contributed by atoms with E-state index >= 15 is 0 Å². The van der Waals surface area contributed by atoms with Crippen molar-refractivity contribution in [2.75, 3.05) is 20.6 Å². The van der Waals surface area contributed by atoms with Gasteiger partial charge in [-0.1, -0.05) is 18.2 Å². The van der Waals surface area contributed by atoms with E-state index < -0.39 is 24.6 Å². The van der Waals surface area contributed by atoms with E-state index in [-0.39, 0.29) is 23.5 Å². The van der Waals surface area contributed by atoms with Crippen molar-refractivity contribution in [3.8, 4) is 11.5 Å². The highest BCUT2D eigenvalue weighted by atomic mass is 16.5. The predicted octanol–water partition coefficient (Wildman–Crippen LogP) is 1.50. The predicted molar refractivity (Wildman–Crippen MR) is 82.5 cm³/mol. The summed E-state index contributed by atoms with van der Waals surface area (Å²) < 4.78 is 59.1. The lowest BCUT2D eigenvalue weighted by molar-refractivity contribution is -0.0453. The second-order valence-electron chi connectivity index (χ2n) is 6.68. The first-order valence-corrected chi connectivity index (χ1v) is 7.65. The molecule has 0 aromatic heterocycles. The van der Waals surface area contributed by atoms with Crippen molar-refractivity contribution >= 4 is 0 Å². The summed E-state index contributed by atoms with van der Waals surface area (Å²) >= 11 is 0. The third-order valence-electron chi connectivity index (χ3n) is 5.89. The molecule has 4 aliphatic rings. The third-order valence-corrected chi connectivity index (χ3v) is 5.89. The molecule has 0 saturated carbocycles. The number of piperidine rings is 1. The van der Waals surface area contributed by atoms with Crippen LogP contribution in [0.15, 0.2) is 24.3 Å². The Labute approximate surface area is 138 Å². The van der Waals surface area contributed by atoms with Gasteiger partial charge >= 0.3 is 0 Å². The van der Waals surface area contributed by atoms with Gasteiger partial charge < -0.3 is 19.5 Å². The molecule has 2 heterocycles. The number of rotatable bonds is 2. The van der Waals surface area contributed by atoms with Crippen molar-refractivity contribution in [1.29, 1.82) is 1.43 Å². The Hall–Kier alpha value is -1.52. The number of likely N-dealkylation sites (tertiary alicyclic amines) is 1. The van der Waals surface area contributed by atoms with E-state index in [9.17, 15) is 1.37 Å². The lowest BCUT2D eigenvalue weighted by Crippen LogP contribution is -2.64. The van der Waals surface area contributed by atoms with Crippen molar-refractivity contribution < 1.29 is 21.4 Å². The molecule has 22 heavy (non-hydrogen) atoms. The van der Waals surface area contributed by atoms with Crippen LogP contribution >= 0.6 is 0 Å². The Morgan fingerprint density at radius 1 is 1.55 bits per heavy atom. The van der Waals surface area contributed by atoms with Crippen LogP contribution in [0.2, 0.25) is 0 Å². The second-order valence-corrected chi connectivity index (χ2v) is 6.68. The summed E-state index contributed by atoms with van der Waals surface area (Å²) in [6.07, 6.45) is 0.618. The normalized spacial score (nSPS) is 52.2. The summed E-state index contributed by atoms with van der Waals surface area (Å²) in [5.41, 5.74) is 0.813. The largest absolute Gasteiger partial charge is 0.493 e. The summed E-state index contributed by atoms with van der Waals surface area (Å²) in [7, 11) is -0.616. The number of aliphatic hydroxyl groups is 1. The zero-order chi connectivity index (χ0) is 20.1. The molecule has 4 heteroatoms. The minimum atomic E-state index is -2.67. The van der Waals surface area contributed by atoms with E-state index in [1.165, 1.54) is 6.08 Å². The molecule has 1 aromatic carbocycles. The van der Waals surface area contributed by atoms with Crippen molar-refractivity contribution in [3.63, 3.8) is 0 Å². The van der Waals surface area contributed by atoms with Crippen LogP contribution in [0, 0.1) is 5.92 Å². The highest BCUT2D eigenvalue weighted by Crippen LogP contribution is 2.62. The molecule has 1 saturated heterocycles. The summed E-state index contributed by atoms with van der Waals surface area (Å²) in [5, 5.41) is 4.74. The lowest BCUT2D eigenvalue weighted by atomic mass is 9.53. The fourth-order valence-corrected chi connectivity index (χ4v) is 4.93. The van der Waals surface area contributed by atoms with Crippen molar-refractivity contribution in [3.05, 3.63) is 35.4 Å². The fourth-order valence-electron chi connectivity index (χ4n) is 4.93. The zero-order valence-electron chi connectivity index (χ0n) is 18.3. The lowest BCUT2D eigenvalue weighted by Gasteiger charge is -2.56. The van der Waals surface area contributed by atoms with Gasteiger partial charge in [0.1, 0.15) is 12.2 Å². The standard InChI is InChI=1S/C18H21NO3/c1-19-8-7-18-11-4-5-13(20)17(18)22-16-14(21-2)6-3-10(15(16)18)9-12(11)19/h3-6,11-13,17,20H,7-9H2,1-2H3/t11-,12+,13?,17?,18-/m0/s1/i2D3,13D,17D,20D. The van der Waals surface area contributed by atoms with Gasteiger partial charge in [0.25, 0.3) is 0 Å². The average molecular weight is 305 g/mol. The molecule has 1 fully saturated rings. The van der Waals surface area contributed by atoms with E-state index in [1.807, 2.05) is 19.2 Å². The smallest absolute Gasteiger partial charge is 0.211 e. The van der Waals surface area contributed by atoms with Gasteiger partial charge in [-0.15, -0.1) is 0 Å². The molecule has 1 N–H and O–H groups in total. The van der Waals surface area contributed by atoms with Crippen molar-refractivity contribution in [1.82, 2.24) is 4.90 Å². The van der Waals surface area contributed by atoms with Gasteiger partial charge in [-0.2, -0.15) is 0 Å². The van der Waals surface area contributed by atoms with Crippen LogP contribution in [-0.2, 0) is 11.8 Å². The highest BCUT2D eigenvalue weighted by molar-refractivity contribution is 5.62. The van der Waals surface area contributed by atoms with Crippen LogP contribution in [0.5, 0.6) is 11.5 Å². The molecule has 0 radical (unpaired) electrons. The summed E-state index contributed by atoms with van der Waals surface area (Å²) in [6.45, 7) is 0.705. The Morgan fingerprint density at radius 2 is 2.50 bits per heavy atom. The van der Waals surface area contributed by atoms with Gasteiger partial charge in [-0.05, 0) is 38.1 Å². The van der Waals surface area contributed by atoms with E-state index in [0.29, 0.717) is 13.0 Å². The first kappa shape index (κ1) is 8.37. The highest BCUT2D eigenvalue weighted by Gasteiger charge is 2.64. The number of likely N-dealkylation sites (N-methyl/N-ethyl adjacent to an activating group) is 1. The van der Waals surface area contributed by atoms with Crippen LogP contribution in [0.4, 0.5) is 0 Å². The Morgan fingerprint density at radius 3 is 3.36 bits per heavy atom. The molecule has 5 atom stereocenters. The number of nitrogens with zero attached hydrogens (tertiary/aromatic N) is 1. The van der Waals surface area contributed by atoms with Crippen molar-refractivity contribution in [2.24, 2.45) is 5.92 Å². The van der Waals surface area contributed by atoms with E-state index in [1.54, 1.807) is 6.07 Å². The summed E-state index contributed by atoms with van der Waals surface area (Å²) in [4.78, 5) is 2.26. The summed E-state index contributed by atoms with van der Waals surface area (Å²) in [5.74, 6) is 0.140. The minimum absolute atomic E-state index is 0.0395. The summed E-state index contributed by atoms with van der Waals surface area (Å²) in [6, 6.07) is 3.53. The monoisotopic (exact) mass is 305 g/mol. The van der Waals surface area contributed by atoms with Crippen LogP contribution in [0.25, 0.3) is 0 Å². The first-order valence-electron chi connectivity index (χ1n) is 10.6. The number of hydrogen-bond donors (Lipinski definition) is 1. The maximum absolute atomic E-state index is 9.28. The fraction of sp³-hybridized carbons (Fsp3) is 0.556. The molecular weight excluding hydrogens is 278 g/mol. The number of hydrogen-bond acceptors (Lipinski definition) is 4. The quantitative estimate of drug-likeness (QED) is 0.841. The molecule has 2 bridgehead atoms. The first-order chi connectivity index (χ1) is 13.1. The minimum Gasteiger partial charge on any atom is -0.493 e. The maximum atomic E-state index is 9.28. The Kier molecular flexibility index (Phi) is 1.54. The molecule has 5 rings (SSSR count). The van der Waals surface area contributed by atoms with Crippen LogP contribution in [0.1, 0.15) is 24.4 Å². The van der Waals surface area contributed by atoms with Gasteiger partial charge in [0, 0.05) is 22.9 Å². The topological polar surface area (TPSA) is 41.9 Å². The number of benzene rings is 1. The van der Waals surface area contributed by atoms with Crippen molar-refractivity contribution in [2.45, 2.75) is 36.5 Å². The third kappa shape index (κ3) is 1.28. The van der Waals surface area contributed by atoms with Gasteiger partial charge in [0.2, 0.25) is 1.43 Å². The molecule has 1 aromatic rings.